The van der Waals surface area contributed by atoms with Crippen LogP contribution in [0.5, 0.6) is 0 Å². The van der Waals surface area contributed by atoms with Gasteiger partial charge in [0.25, 0.3) is 0 Å². The third-order valence-electron chi connectivity index (χ3n) is 7.58. The Balaban J connectivity index is 1.17. The first kappa shape index (κ1) is 38.2. The fourth-order valence-electron chi connectivity index (χ4n) is 4.90. The molecule has 48 heavy (non-hydrogen) atoms. The maximum Gasteiger partial charge on any atom is 0.227 e. The highest BCUT2D eigenvalue weighted by molar-refractivity contribution is 5.96. The molecule has 11 nitrogen and oxygen atoms in total. The van der Waals surface area contributed by atoms with Crippen LogP contribution in [-0.2, 0) is 39.9 Å². The van der Waals surface area contributed by atoms with E-state index < -0.39 is 0 Å². The molecule has 260 valence electrons. The van der Waals surface area contributed by atoms with E-state index in [1.807, 2.05) is 62.4 Å². The minimum absolute atomic E-state index is 0.0791. The zero-order valence-corrected chi connectivity index (χ0v) is 28.5. The van der Waals surface area contributed by atoms with Crippen molar-refractivity contribution in [3.8, 4) is 11.8 Å². The average Bonchev–Trinajstić information content (AvgIpc) is 3.08. The van der Waals surface area contributed by atoms with E-state index in [1.165, 1.54) is 0 Å². The Bertz CT molecular complexity index is 1400. The number of hydrogen-bond acceptors (Lipinski definition) is 8. The Morgan fingerprint density at radius 2 is 1.35 bits per heavy atom. The van der Waals surface area contributed by atoms with Gasteiger partial charge < -0.3 is 39.8 Å². The van der Waals surface area contributed by atoms with E-state index in [2.05, 4.69) is 34.4 Å². The van der Waals surface area contributed by atoms with Crippen molar-refractivity contribution in [2.45, 2.75) is 45.7 Å². The van der Waals surface area contributed by atoms with Crippen LogP contribution in [0.15, 0.2) is 60.8 Å². The molecule has 0 fully saturated rings. The van der Waals surface area contributed by atoms with Gasteiger partial charge in [0.05, 0.1) is 71.1 Å². The zero-order chi connectivity index (χ0) is 34.6. The van der Waals surface area contributed by atoms with Crippen LogP contribution in [0.4, 0.5) is 5.69 Å². The number of nitrogens with zero attached hydrogens (tertiary/aromatic N) is 1. The van der Waals surface area contributed by atoms with Crippen molar-refractivity contribution in [3.05, 3.63) is 77.5 Å². The summed E-state index contributed by atoms with van der Waals surface area (Å²) in [6.07, 6.45) is 0.441. The van der Waals surface area contributed by atoms with Crippen molar-refractivity contribution in [2.24, 2.45) is 5.92 Å². The summed E-state index contributed by atoms with van der Waals surface area (Å²) in [5, 5.41) is 8.77. The summed E-state index contributed by atoms with van der Waals surface area (Å²) < 4.78 is 22.0. The second-order valence-electron chi connectivity index (χ2n) is 11.5. The Morgan fingerprint density at radius 1 is 0.771 bits per heavy atom. The van der Waals surface area contributed by atoms with Crippen LogP contribution in [-0.4, -0.2) is 90.2 Å². The normalized spacial score (nSPS) is 12.5. The van der Waals surface area contributed by atoms with Crippen LogP contribution in [0.3, 0.4) is 0 Å². The average molecular weight is 663 g/mol. The van der Waals surface area contributed by atoms with Crippen molar-refractivity contribution in [2.75, 3.05) is 71.3 Å². The number of likely N-dealkylation sites (N-methyl/N-ethyl adjacent to an activating group) is 1. The number of ether oxygens (including phenoxy) is 4. The highest BCUT2D eigenvalue weighted by Gasteiger charge is 2.22. The molecule has 1 atom stereocenters. The summed E-state index contributed by atoms with van der Waals surface area (Å²) >= 11 is 0. The van der Waals surface area contributed by atoms with Gasteiger partial charge in [-0.15, -0.1) is 0 Å². The number of amides is 3. The van der Waals surface area contributed by atoms with E-state index in [1.54, 1.807) is 11.9 Å². The molecule has 0 aliphatic carbocycles. The van der Waals surface area contributed by atoms with E-state index in [0.29, 0.717) is 65.9 Å². The molecule has 0 aromatic heterocycles. The molecule has 0 radical (unpaired) electrons. The third-order valence-corrected chi connectivity index (χ3v) is 7.58. The van der Waals surface area contributed by atoms with Gasteiger partial charge in [0.1, 0.15) is 0 Å². The molecule has 1 aliphatic heterocycles. The summed E-state index contributed by atoms with van der Waals surface area (Å²) in [7, 11) is 1.79. The Labute approximate surface area is 284 Å². The van der Waals surface area contributed by atoms with Gasteiger partial charge in [-0.05, 0) is 29.7 Å². The smallest absolute Gasteiger partial charge is 0.227 e. The Hall–Kier alpha value is -4.21. The Morgan fingerprint density at radius 3 is 2.02 bits per heavy atom. The van der Waals surface area contributed by atoms with Crippen LogP contribution in [0, 0.1) is 17.8 Å². The van der Waals surface area contributed by atoms with Crippen molar-refractivity contribution < 1.29 is 33.3 Å². The van der Waals surface area contributed by atoms with Gasteiger partial charge in [-0.2, -0.15) is 0 Å². The van der Waals surface area contributed by atoms with Crippen LogP contribution in [0.1, 0.15) is 49.8 Å². The predicted molar refractivity (Wildman–Crippen MR) is 185 cm³/mol. The van der Waals surface area contributed by atoms with E-state index >= 15 is 0 Å². The molecule has 0 unspecified atom stereocenters. The molecule has 11 heteroatoms. The molecule has 1 heterocycles. The van der Waals surface area contributed by atoms with E-state index in [0.717, 1.165) is 28.1 Å². The highest BCUT2D eigenvalue weighted by Crippen LogP contribution is 2.26. The lowest BCUT2D eigenvalue weighted by Gasteiger charge is -2.26. The number of nitrogens with one attached hydrogen (secondary N) is 3. The van der Waals surface area contributed by atoms with Gasteiger partial charge in [0.15, 0.2) is 0 Å². The van der Waals surface area contributed by atoms with Crippen molar-refractivity contribution in [1.29, 1.82) is 0 Å². The minimum Gasteiger partial charge on any atom is -0.390 e. The van der Waals surface area contributed by atoms with Crippen molar-refractivity contribution in [1.82, 2.24) is 16.0 Å². The van der Waals surface area contributed by atoms with Gasteiger partial charge in [0.2, 0.25) is 17.7 Å². The molecule has 3 rings (SSSR count). The van der Waals surface area contributed by atoms with Crippen molar-refractivity contribution in [3.63, 3.8) is 0 Å². The van der Waals surface area contributed by atoms with Gasteiger partial charge in [-0.25, -0.2) is 0 Å². The van der Waals surface area contributed by atoms with Gasteiger partial charge in [-0.1, -0.05) is 62.6 Å². The largest absolute Gasteiger partial charge is 0.390 e. The maximum absolute atomic E-state index is 13.3. The molecule has 0 spiro atoms. The number of fused-ring (bicyclic) bond motifs is 2. The predicted octanol–water partition coefficient (Wildman–Crippen LogP) is 3.16. The summed E-state index contributed by atoms with van der Waals surface area (Å²) in [6.45, 7) is 11.8. The monoisotopic (exact) mass is 662 g/mol. The highest BCUT2D eigenvalue weighted by atomic mass is 16.6. The fraction of sp³-hybridized carbons (Fsp3) is 0.486. The number of hydrogen-bond donors (Lipinski definition) is 3. The van der Waals surface area contributed by atoms with Crippen LogP contribution < -0.4 is 20.9 Å². The third kappa shape index (κ3) is 13.5. The molecule has 0 bridgehead atoms. The molecular weight excluding hydrogens is 612 g/mol. The van der Waals surface area contributed by atoms with Crippen LogP contribution >= 0.6 is 0 Å². The number of anilines is 1. The molecule has 0 saturated carbocycles. The molecular formula is C37H50N4O7. The SMILES string of the molecule is C=C(NC)[C@@H](NC(=O)CCOCCOCCOCCOCCNC(=O)CCC(=O)N1Cc2ccccc2C#Cc2ccccc21)C(C)C. The summed E-state index contributed by atoms with van der Waals surface area (Å²) in [5.74, 6) is 6.21. The van der Waals surface area contributed by atoms with Crippen LogP contribution in [0.25, 0.3) is 0 Å². The molecule has 0 saturated heterocycles. The van der Waals surface area contributed by atoms with E-state index in [4.69, 9.17) is 18.9 Å². The lowest BCUT2D eigenvalue weighted by molar-refractivity contribution is -0.125. The van der Waals surface area contributed by atoms with Gasteiger partial charge in [-0.3, -0.25) is 14.4 Å². The quantitative estimate of drug-likeness (QED) is 0.130. The lowest BCUT2D eigenvalue weighted by atomic mass is 10.0. The fourth-order valence-corrected chi connectivity index (χ4v) is 4.90. The second-order valence-corrected chi connectivity index (χ2v) is 11.5. The summed E-state index contributed by atoms with van der Waals surface area (Å²) in [5.41, 5.74) is 4.18. The second kappa shape index (κ2) is 21.6. The molecule has 3 amide bonds. The van der Waals surface area contributed by atoms with Gasteiger partial charge in [0, 0.05) is 49.7 Å². The van der Waals surface area contributed by atoms with E-state index in [9.17, 15) is 14.4 Å². The molecule has 2 aromatic rings. The first-order chi connectivity index (χ1) is 23.3. The summed E-state index contributed by atoms with van der Waals surface area (Å²) in [4.78, 5) is 39.5. The number of rotatable bonds is 22. The Kier molecular flexibility index (Phi) is 17.2. The first-order valence-corrected chi connectivity index (χ1v) is 16.5. The number of benzene rings is 2. The maximum atomic E-state index is 13.3. The number of carbonyl (C=O) groups is 3. The number of para-hydroxylation sites is 1. The first-order valence-electron chi connectivity index (χ1n) is 16.5. The summed E-state index contributed by atoms with van der Waals surface area (Å²) in [6, 6.07) is 15.3. The van der Waals surface area contributed by atoms with Crippen LogP contribution in [0.2, 0.25) is 0 Å². The molecule has 3 N–H and O–H groups in total. The zero-order valence-electron chi connectivity index (χ0n) is 28.5. The molecule has 2 aromatic carbocycles. The minimum atomic E-state index is -0.205. The van der Waals surface area contributed by atoms with E-state index in [-0.39, 0.29) is 48.9 Å². The van der Waals surface area contributed by atoms with Crippen molar-refractivity contribution >= 4 is 23.4 Å². The molecule has 1 aliphatic rings. The topological polar surface area (TPSA) is 127 Å². The standard InChI is InChI=1S/C37H50N4O7/c1-28(2)37(29(3)38-4)40-35(43)17-19-45-21-23-47-25-26-48-24-22-46-20-18-39-34(42)15-16-36(44)41-27-32-11-6-5-9-30(32)13-14-31-10-7-8-12-33(31)41/h5-12,28,37-38H,3,15-27H2,1-2,4H3,(H,39,42)(H,40,43)/t37-/m0/s1. The van der Waals surface area contributed by atoms with Gasteiger partial charge >= 0.3 is 0 Å². The lowest BCUT2D eigenvalue weighted by Crippen LogP contribution is -2.42. The number of carbonyl (C=O) groups excluding carboxylic acids is 3.